The van der Waals surface area contributed by atoms with Crippen LogP contribution in [0.2, 0.25) is 0 Å². The van der Waals surface area contributed by atoms with Crippen LogP contribution in [-0.2, 0) is 37.1 Å². The van der Waals surface area contributed by atoms with E-state index in [-0.39, 0.29) is 47.3 Å². The van der Waals surface area contributed by atoms with Gasteiger partial charge in [0.1, 0.15) is 12.6 Å². The minimum absolute atomic E-state index is 0. The van der Waals surface area contributed by atoms with Gasteiger partial charge in [0, 0.05) is 13.1 Å². The van der Waals surface area contributed by atoms with Gasteiger partial charge in [-0.3, -0.25) is 0 Å². The van der Waals surface area contributed by atoms with Crippen molar-refractivity contribution in [3.63, 3.8) is 0 Å². The van der Waals surface area contributed by atoms with Crippen LogP contribution in [0.3, 0.4) is 0 Å². The van der Waals surface area contributed by atoms with Crippen molar-refractivity contribution in [3.8, 4) is 0 Å². The number of allylic oxidation sites excluding steroid dienone is 2. The number of sulfone groups is 1. The van der Waals surface area contributed by atoms with Crippen molar-refractivity contribution in [2.24, 2.45) is 10.2 Å². The highest BCUT2D eigenvalue weighted by Crippen LogP contribution is 2.40. The Bertz CT molecular complexity index is 1550. The number of alkyl carbamates (subject to hydrolysis) is 1. The third kappa shape index (κ3) is 8.26. The van der Waals surface area contributed by atoms with Crippen molar-refractivity contribution in [1.82, 2.24) is 16.0 Å². The summed E-state index contributed by atoms with van der Waals surface area (Å²) in [5, 5.41) is 17.7. The number of hydrogen-bond acceptors (Lipinski definition) is 8. The minimum Gasteiger partial charge on any atom is -0.464 e. The van der Waals surface area contributed by atoms with E-state index >= 15 is 0 Å². The molecule has 1 atom stereocenters. The molecule has 11 nitrogen and oxygen atoms in total. The zero-order valence-corrected chi connectivity index (χ0v) is 27.2. The molecule has 0 bridgehead atoms. The highest BCUT2D eigenvalue weighted by atomic mass is 79.9. The first kappa shape index (κ1) is 33.2. The van der Waals surface area contributed by atoms with Crippen LogP contribution in [0.15, 0.2) is 69.2 Å². The van der Waals surface area contributed by atoms with Crippen LogP contribution < -0.4 is 16.0 Å². The van der Waals surface area contributed by atoms with Crippen molar-refractivity contribution < 1.29 is 27.5 Å². The van der Waals surface area contributed by atoms with Crippen LogP contribution in [0.5, 0.6) is 0 Å². The summed E-state index contributed by atoms with van der Waals surface area (Å²) in [5.74, 6) is -0.398. The largest absolute Gasteiger partial charge is 0.464 e. The predicted octanol–water partition coefficient (Wildman–Crippen LogP) is 4.07. The number of guanidine groups is 1. The number of hydrogen-bond donors (Lipinski definition) is 3. The predicted molar refractivity (Wildman–Crippen MR) is 174 cm³/mol. The van der Waals surface area contributed by atoms with Gasteiger partial charge in [-0.25, -0.2) is 18.0 Å². The number of carbonyl (C=O) groups excluding carboxylic acids is 2. The molecule has 1 aliphatic heterocycles. The Morgan fingerprint density at radius 3 is 2.45 bits per heavy atom. The van der Waals surface area contributed by atoms with Crippen LogP contribution >= 0.6 is 17.0 Å². The van der Waals surface area contributed by atoms with Gasteiger partial charge in [0.25, 0.3) is 0 Å². The molecule has 0 saturated carbocycles. The van der Waals surface area contributed by atoms with E-state index < -0.39 is 27.9 Å². The summed E-state index contributed by atoms with van der Waals surface area (Å²) in [6.07, 6.45) is 3.16. The molecule has 0 spiro atoms. The van der Waals surface area contributed by atoms with E-state index in [0.717, 1.165) is 54.8 Å². The average molecular weight is 689 g/mol. The number of nitrogens with one attached hydrogen (secondary N) is 3. The Hall–Kier alpha value is -3.71. The molecule has 236 valence electrons. The Kier molecular flexibility index (Phi) is 11.6. The quantitative estimate of drug-likeness (QED) is 0.250. The summed E-state index contributed by atoms with van der Waals surface area (Å²) in [4.78, 5) is 25.2. The number of esters is 1. The fourth-order valence-electron chi connectivity index (χ4n) is 5.53. The first-order chi connectivity index (χ1) is 20.8. The summed E-state index contributed by atoms with van der Waals surface area (Å²) >= 11 is 0. The summed E-state index contributed by atoms with van der Waals surface area (Å²) in [6, 6.07) is 13.2. The molecule has 1 fully saturated rings. The van der Waals surface area contributed by atoms with Gasteiger partial charge >= 0.3 is 12.1 Å². The lowest BCUT2D eigenvalue weighted by Gasteiger charge is -2.18. The van der Waals surface area contributed by atoms with E-state index in [1.165, 1.54) is 11.1 Å². The normalized spacial score (nSPS) is 17.3. The Labute approximate surface area is 268 Å². The van der Waals surface area contributed by atoms with Crippen molar-refractivity contribution in [3.05, 3.63) is 70.8 Å². The fraction of sp³-hybridized carbons (Fsp3) is 0.419. The van der Waals surface area contributed by atoms with Crippen molar-refractivity contribution in [2.75, 3.05) is 25.4 Å². The number of benzene rings is 2. The maximum Gasteiger partial charge on any atom is 0.408 e. The zero-order valence-electron chi connectivity index (χ0n) is 24.6. The number of nitrogens with zero attached hydrogens (tertiary/aromatic N) is 2. The van der Waals surface area contributed by atoms with E-state index in [1.807, 2.05) is 24.3 Å². The third-order valence-corrected chi connectivity index (χ3v) is 9.44. The number of aryl methyl sites for hydroxylation is 1. The molecule has 13 heteroatoms. The monoisotopic (exact) mass is 687 g/mol. The van der Waals surface area contributed by atoms with Gasteiger partial charge in [0.15, 0.2) is 9.84 Å². The lowest BCUT2D eigenvalue weighted by atomic mass is 9.97. The topological polar surface area (TPSA) is 148 Å². The molecule has 3 aliphatic rings. The van der Waals surface area contributed by atoms with E-state index in [4.69, 9.17) is 9.47 Å². The van der Waals surface area contributed by atoms with E-state index in [9.17, 15) is 18.0 Å². The molecule has 0 radical (unpaired) electrons. The summed E-state index contributed by atoms with van der Waals surface area (Å²) in [5.41, 5.74) is 6.16. The minimum atomic E-state index is -3.78. The van der Waals surface area contributed by atoms with Gasteiger partial charge in [0.2, 0.25) is 5.96 Å². The van der Waals surface area contributed by atoms with Gasteiger partial charge in [-0.1, -0.05) is 36.4 Å². The molecule has 3 N–H and O–H groups in total. The van der Waals surface area contributed by atoms with Crippen molar-refractivity contribution in [1.29, 1.82) is 0 Å². The molecule has 1 amide bonds. The van der Waals surface area contributed by atoms with Gasteiger partial charge in [-0.15, -0.1) is 22.1 Å². The third-order valence-electron chi connectivity index (χ3n) is 7.69. The number of amides is 1. The Balaban J connectivity index is 0.00000442. The van der Waals surface area contributed by atoms with Crippen molar-refractivity contribution in [2.45, 2.75) is 63.0 Å². The average Bonchev–Trinajstić information content (AvgIpc) is 3.69. The summed E-state index contributed by atoms with van der Waals surface area (Å²) < 4.78 is 37.2. The second-order valence-corrected chi connectivity index (χ2v) is 12.7. The van der Waals surface area contributed by atoms with E-state index in [1.54, 1.807) is 31.2 Å². The molecule has 1 heterocycles. The summed E-state index contributed by atoms with van der Waals surface area (Å²) in [6.45, 7) is 3.38. The number of halogens is 1. The maximum absolute atomic E-state index is 13.5. The SMILES string of the molecule is Br.CCOC(=O)C(CCS(=O)(=O)c1ccc2c(c1)CCC(=NN=C1NCCN1)C1=C2CCC1)NC(=O)OCc1ccccc1. The van der Waals surface area contributed by atoms with E-state index in [0.29, 0.717) is 18.8 Å². The van der Waals surface area contributed by atoms with Gasteiger partial charge < -0.3 is 25.4 Å². The Morgan fingerprint density at radius 1 is 0.955 bits per heavy atom. The number of carbonyl (C=O) groups is 2. The molecule has 2 aromatic rings. The molecule has 2 aliphatic carbocycles. The highest BCUT2D eigenvalue weighted by Gasteiger charge is 2.29. The summed E-state index contributed by atoms with van der Waals surface area (Å²) in [7, 11) is -3.78. The lowest BCUT2D eigenvalue weighted by Crippen LogP contribution is -2.43. The molecule has 5 rings (SSSR count). The zero-order chi connectivity index (χ0) is 30.2. The maximum atomic E-state index is 13.5. The van der Waals surface area contributed by atoms with Crippen molar-refractivity contribution >= 4 is 56.1 Å². The van der Waals surface area contributed by atoms with E-state index in [2.05, 4.69) is 26.2 Å². The first-order valence-electron chi connectivity index (χ1n) is 14.7. The van der Waals surface area contributed by atoms with Crippen LogP contribution in [0.1, 0.15) is 55.7 Å². The number of fused-ring (bicyclic) bond motifs is 2. The van der Waals surface area contributed by atoms with Crippen LogP contribution in [-0.4, -0.2) is 63.6 Å². The first-order valence-corrected chi connectivity index (χ1v) is 16.3. The molecule has 2 aromatic carbocycles. The fourth-order valence-corrected chi connectivity index (χ4v) is 6.91. The molecule has 1 unspecified atom stereocenters. The van der Waals surface area contributed by atoms with Gasteiger partial charge in [-0.2, -0.15) is 5.10 Å². The van der Waals surface area contributed by atoms with Gasteiger partial charge in [0.05, 0.1) is 23.0 Å². The molecule has 0 aromatic heterocycles. The number of ether oxygens (including phenoxy) is 2. The van der Waals surface area contributed by atoms with Crippen LogP contribution in [0.25, 0.3) is 5.57 Å². The Morgan fingerprint density at radius 2 is 1.70 bits per heavy atom. The molecular formula is C31H38BrN5O6S. The number of rotatable bonds is 10. The smallest absolute Gasteiger partial charge is 0.408 e. The second-order valence-electron chi connectivity index (χ2n) is 10.6. The molecule has 44 heavy (non-hydrogen) atoms. The second kappa shape index (κ2) is 15.3. The van der Waals surface area contributed by atoms with Crippen LogP contribution in [0, 0.1) is 0 Å². The molecular weight excluding hydrogens is 650 g/mol. The molecule has 1 saturated heterocycles. The standard InChI is InChI=1S/C31H37N5O6S.BrH/c1-2-41-29(37)28(34-31(38)42-20-21-7-4-3-5-8-21)15-18-43(39,40)23-12-13-24-22(19-23)11-14-27(26-10-6-9-25(24)26)35-36-30-32-16-17-33-30;/h3-5,7-8,12-13,19,28H,2,6,9-11,14-18,20H2,1H3,(H,34,38)(H2,32,33,36);1H. The lowest BCUT2D eigenvalue weighted by molar-refractivity contribution is -0.145. The van der Waals surface area contributed by atoms with Crippen LogP contribution in [0.4, 0.5) is 4.79 Å². The van der Waals surface area contributed by atoms with Gasteiger partial charge in [-0.05, 0) is 85.4 Å². The highest BCUT2D eigenvalue weighted by molar-refractivity contribution is 8.93.